The zero-order valence-corrected chi connectivity index (χ0v) is 11.9. The number of anilines is 1. The second kappa shape index (κ2) is 5.80. The second-order valence-electron chi connectivity index (χ2n) is 4.80. The first-order valence-electron chi connectivity index (χ1n) is 6.07. The number of alkyl halides is 3. The van der Waals surface area contributed by atoms with Crippen molar-refractivity contribution in [3.63, 3.8) is 0 Å². The van der Waals surface area contributed by atoms with E-state index >= 15 is 0 Å². The van der Waals surface area contributed by atoms with Crippen molar-refractivity contribution in [2.24, 2.45) is 0 Å². The topological polar surface area (TPSA) is 107 Å². The lowest BCUT2D eigenvalue weighted by Gasteiger charge is -2.27. The van der Waals surface area contributed by atoms with Crippen molar-refractivity contribution >= 4 is 17.4 Å². The maximum absolute atomic E-state index is 12.5. The van der Waals surface area contributed by atoms with Gasteiger partial charge in [-0.2, -0.15) is 18.7 Å². The fourth-order valence-electron chi connectivity index (χ4n) is 1.84. The van der Waals surface area contributed by atoms with Crippen molar-refractivity contribution < 1.29 is 33.3 Å². The summed E-state index contributed by atoms with van der Waals surface area (Å²) in [5, 5.41) is 31.2. The maximum Gasteiger partial charge on any atom is 0.417 e. The molecule has 1 saturated heterocycles. The SMILES string of the molecule is C[C@H](O)[C@@H]1NO[C@@](O)(Nc2ncc(C(F)(F)F)cc2Cl)[C@H]1O. The largest absolute Gasteiger partial charge is 0.417 e. The first kappa shape index (κ1) is 17.2. The number of aliphatic hydroxyl groups is 3. The molecule has 0 bridgehead atoms. The van der Waals surface area contributed by atoms with Crippen LogP contribution in [0.15, 0.2) is 12.3 Å². The van der Waals surface area contributed by atoms with Gasteiger partial charge < -0.3 is 20.6 Å². The third-order valence-electron chi connectivity index (χ3n) is 3.08. The molecule has 0 spiro atoms. The van der Waals surface area contributed by atoms with Gasteiger partial charge in [-0.25, -0.2) is 9.82 Å². The molecule has 11 heteroatoms. The fraction of sp³-hybridized carbons (Fsp3) is 0.545. The van der Waals surface area contributed by atoms with Gasteiger partial charge in [0.25, 0.3) is 5.91 Å². The maximum atomic E-state index is 12.5. The van der Waals surface area contributed by atoms with E-state index in [4.69, 9.17) is 16.4 Å². The molecule has 0 saturated carbocycles. The van der Waals surface area contributed by atoms with Crippen molar-refractivity contribution in [2.75, 3.05) is 5.32 Å². The van der Waals surface area contributed by atoms with E-state index in [1.54, 1.807) is 0 Å². The number of aliphatic hydroxyl groups excluding tert-OH is 2. The Hall–Kier alpha value is -1.17. The van der Waals surface area contributed by atoms with Gasteiger partial charge in [0, 0.05) is 6.20 Å². The third-order valence-corrected chi connectivity index (χ3v) is 3.37. The summed E-state index contributed by atoms with van der Waals surface area (Å²) in [6.07, 6.45) is -6.80. The predicted octanol–water partition coefficient (Wildman–Crippen LogP) is 0.457. The van der Waals surface area contributed by atoms with E-state index in [1.165, 1.54) is 6.92 Å². The highest BCUT2D eigenvalue weighted by molar-refractivity contribution is 6.33. The quantitative estimate of drug-likeness (QED) is 0.507. The molecule has 1 aromatic heterocycles. The van der Waals surface area contributed by atoms with Gasteiger partial charge >= 0.3 is 6.18 Å². The van der Waals surface area contributed by atoms with Crippen molar-refractivity contribution in [2.45, 2.75) is 37.3 Å². The van der Waals surface area contributed by atoms with Gasteiger partial charge in [0.15, 0.2) is 0 Å². The Morgan fingerprint density at radius 1 is 1.55 bits per heavy atom. The van der Waals surface area contributed by atoms with Gasteiger partial charge in [-0.15, -0.1) is 0 Å². The van der Waals surface area contributed by atoms with Crippen LogP contribution in [0.3, 0.4) is 0 Å². The Labute approximate surface area is 127 Å². The normalized spacial score (nSPS) is 30.4. The van der Waals surface area contributed by atoms with Crippen molar-refractivity contribution in [3.05, 3.63) is 22.8 Å². The molecular weight excluding hydrogens is 331 g/mol. The highest BCUT2D eigenvalue weighted by atomic mass is 35.5. The van der Waals surface area contributed by atoms with Crippen LogP contribution in [0.2, 0.25) is 5.02 Å². The van der Waals surface area contributed by atoms with Gasteiger partial charge in [-0.3, -0.25) is 0 Å². The van der Waals surface area contributed by atoms with E-state index < -0.39 is 40.9 Å². The van der Waals surface area contributed by atoms with Crippen molar-refractivity contribution in [3.8, 4) is 0 Å². The molecule has 5 N–H and O–H groups in total. The van der Waals surface area contributed by atoms with Crippen LogP contribution in [-0.4, -0.2) is 44.5 Å². The van der Waals surface area contributed by atoms with Crippen molar-refractivity contribution in [1.29, 1.82) is 0 Å². The minimum Gasteiger partial charge on any atom is -0.392 e. The number of nitrogens with one attached hydrogen (secondary N) is 2. The first-order valence-corrected chi connectivity index (χ1v) is 6.45. The van der Waals surface area contributed by atoms with Crippen LogP contribution in [0.1, 0.15) is 12.5 Å². The molecule has 1 aliphatic rings. The summed E-state index contributed by atoms with van der Waals surface area (Å²) in [5.74, 6) is -2.75. The molecule has 1 fully saturated rings. The van der Waals surface area contributed by atoms with E-state index in [2.05, 4.69) is 15.8 Å². The Morgan fingerprint density at radius 3 is 2.64 bits per heavy atom. The molecule has 4 atom stereocenters. The molecule has 124 valence electrons. The minimum absolute atomic E-state index is 0.329. The zero-order valence-electron chi connectivity index (χ0n) is 11.1. The number of halogens is 4. The molecular formula is C11H13ClF3N3O4. The summed E-state index contributed by atoms with van der Waals surface area (Å²) in [5.41, 5.74) is 1.14. The van der Waals surface area contributed by atoms with E-state index in [0.29, 0.717) is 12.3 Å². The second-order valence-corrected chi connectivity index (χ2v) is 5.21. The van der Waals surface area contributed by atoms with Crippen LogP contribution in [0.4, 0.5) is 19.0 Å². The summed E-state index contributed by atoms with van der Waals surface area (Å²) < 4.78 is 37.5. The minimum atomic E-state index is -4.62. The van der Waals surface area contributed by atoms with E-state index in [1.807, 2.05) is 0 Å². The standard InChI is InChI=1S/C11H13ClF3N3O4/c1-4(19)7-8(20)11(21,22-18-7)17-9-6(12)2-5(3-16-9)10(13,14)15/h2-4,7-8,18-21H,1H3,(H,16,17)/t4-,7-,8-,11+/m0/s1. The number of pyridine rings is 1. The molecule has 0 amide bonds. The van der Waals surface area contributed by atoms with Crippen LogP contribution < -0.4 is 10.8 Å². The van der Waals surface area contributed by atoms with Crippen LogP contribution in [0.25, 0.3) is 0 Å². The smallest absolute Gasteiger partial charge is 0.392 e. The predicted molar refractivity (Wildman–Crippen MR) is 68.5 cm³/mol. The van der Waals surface area contributed by atoms with E-state index in [0.717, 1.165) is 0 Å². The lowest BCUT2D eigenvalue weighted by molar-refractivity contribution is -0.213. The number of hydrogen-bond donors (Lipinski definition) is 5. The highest BCUT2D eigenvalue weighted by Crippen LogP contribution is 2.34. The zero-order chi connectivity index (χ0) is 16.7. The Balaban J connectivity index is 2.21. The average Bonchev–Trinajstić information content (AvgIpc) is 2.67. The number of nitrogens with zero attached hydrogens (tertiary/aromatic N) is 1. The number of rotatable bonds is 3. The van der Waals surface area contributed by atoms with Gasteiger partial charge in [0.1, 0.15) is 11.9 Å². The molecule has 2 rings (SSSR count). The monoisotopic (exact) mass is 343 g/mol. The molecule has 1 aromatic rings. The molecule has 1 aliphatic heterocycles. The number of hydroxylamine groups is 1. The fourth-order valence-corrected chi connectivity index (χ4v) is 2.06. The van der Waals surface area contributed by atoms with Crippen molar-refractivity contribution in [1.82, 2.24) is 10.5 Å². The van der Waals surface area contributed by atoms with Crippen LogP contribution in [-0.2, 0) is 11.0 Å². The lowest BCUT2D eigenvalue weighted by Crippen LogP contribution is -2.51. The van der Waals surface area contributed by atoms with E-state index in [9.17, 15) is 28.5 Å². The molecule has 0 unspecified atom stereocenters. The van der Waals surface area contributed by atoms with Crippen LogP contribution in [0.5, 0.6) is 0 Å². The first-order chi connectivity index (χ1) is 10.0. The van der Waals surface area contributed by atoms with E-state index in [-0.39, 0.29) is 5.82 Å². The summed E-state index contributed by atoms with van der Waals surface area (Å²) >= 11 is 5.68. The molecule has 0 radical (unpaired) electrons. The number of hydrogen-bond acceptors (Lipinski definition) is 7. The Bertz CT molecular complexity index is 560. The summed E-state index contributed by atoms with van der Waals surface area (Å²) in [7, 11) is 0. The van der Waals surface area contributed by atoms with Gasteiger partial charge in [0.2, 0.25) is 0 Å². The molecule has 2 heterocycles. The molecule has 22 heavy (non-hydrogen) atoms. The molecule has 0 aliphatic carbocycles. The Kier molecular flexibility index (Phi) is 4.53. The molecule has 0 aromatic carbocycles. The van der Waals surface area contributed by atoms with Gasteiger partial charge in [0.05, 0.1) is 22.7 Å². The highest BCUT2D eigenvalue weighted by Gasteiger charge is 2.51. The number of aromatic nitrogens is 1. The third kappa shape index (κ3) is 3.26. The van der Waals surface area contributed by atoms with Crippen LogP contribution in [0, 0.1) is 0 Å². The Morgan fingerprint density at radius 2 is 2.18 bits per heavy atom. The summed E-state index contributed by atoms with van der Waals surface area (Å²) in [4.78, 5) is 8.20. The summed E-state index contributed by atoms with van der Waals surface area (Å²) in [6, 6.07) is -0.410. The molecule has 7 nitrogen and oxygen atoms in total. The average molecular weight is 344 g/mol. The van der Waals surface area contributed by atoms with Gasteiger partial charge in [-0.1, -0.05) is 11.6 Å². The summed E-state index contributed by atoms with van der Waals surface area (Å²) in [6.45, 7) is 1.35. The lowest BCUT2D eigenvalue weighted by atomic mass is 10.1. The van der Waals surface area contributed by atoms with Gasteiger partial charge in [-0.05, 0) is 13.0 Å². The van der Waals surface area contributed by atoms with Crippen LogP contribution >= 0.6 is 11.6 Å².